The summed E-state index contributed by atoms with van der Waals surface area (Å²) in [6.45, 7) is 6.84. The molecule has 2 aromatic rings. The summed E-state index contributed by atoms with van der Waals surface area (Å²) in [5.41, 5.74) is 2.79. The van der Waals surface area contributed by atoms with E-state index in [0.29, 0.717) is 24.4 Å². The third-order valence-corrected chi connectivity index (χ3v) is 4.59. The van der Waals surface area contributed by atoms with Crippen LogP contribution in [-0.2, 0) is 33.8 Å². The van der Waals surface area contributed by atoms with Crippen LogP contribution in [0.5, 0.6) is 0 Å². The fraction of sp³-hybridized carbons (Fsp3) is 0.421. The van der Waals surface area contributed by atoms with Crippen LogP contribution < -0.4 is 0 Å². The predicted octanol–water partition coefficient (Wildman–Crippen LogP) is 3.69. The molecule has 0 N–H and O–H groups in total. The van der Waals surface area contributed by atoms with Crippen LogP contribution in [0.4, 0.5) is 0 Å². The maximum atomic E-state index is 11.2. The zero-order valence-electron chi connectivity index (χ0n) is 14.7. The lowest BCUT2D eigenvalue weighted by Gasteiger charge is -2.34. The van der Waals surface area contributed by atoms with Crippen LogP contribution in [0.3, 0.4) is 0 Å². The quantitative estimate of drug-likeness (QED) is 0.616. The minimum atomic E-state index is -0.285. The fourth-order valence-corrected chi connectivity index (χ4v) is 3.30. The lowest BCUT2D eigenvalue weighted by Crippen LogP contribution is -2.35. The highest BCUT2D eigenvalue weighted by atomic mass is 32.1. The molecule has 1 aliphatic rings. The van der Waals surface area contributed by atoms with Crippen molar-refractivity contribution >= 4 is 18.2 Å². The highest BCUT2D eigenvalue weighted by Gasteiger charge is 2.30. The van der Waals surface area contributed by atoms with Crippen LogP contribution >= 0.6 is 12.2 Å². The van der Waals surface area contributed by atoms with Gasteiger partial charge in [-0.15, -0.1) is 0 Å². The number of hydrogen-bond acceptors (Lipinski definition) is 5. The molecule has 6 heteroatoms. The van der Waals surface area contributed by atoms with Gasteiger partial charge in [0.1, 0.15) is 17.1 Å². The Bertz CT molecular complexity index is 844. The molecule has 0 radical (unpaired) electrons. The van der Waals surface area contributed by atoms with E-state index in [1.165, 1.54) is 6.92 Å². The molecule has 5 nitrogen and oxygen atoms in total. The first-order valence-electron chi connectivity index (χ1n) is 8.33. The molecular formula is C19H22N2O3S. The zero-order valence-corrected chi connectivity index (χ0v) is 15.6. The molecule has 1 aliphatic heterocycles. The average molecular weight is 358 g/mol. The van der Waals surface area contributed by atoms with Gasteiger partial charge >= 0.3 is 5.97 Å². The van der Waals surface area contributed by atoms with Crippen molar-refractivity contribution in [1.29, 1.82) is 0 Å². The van der Waals surface area contributed by atoms with Gasteiger partial charge in [0.2, 0.25) is 0 Å². The van der Waals surface area contributed by atoms with Crippen molar-refractivity contribution in [1.82, 2.24) is 9.55 Å². The minimum absolute atomic E-state index is 0.271. The molecular weight excluding hydrogens is 336 g/mol. The van der Waals surface area contributed by atoms with E-state index in [0.717, 1.165) is 29.1 Å². The first-order valence-corrected chi connectivity index (χ1v) is 8.73. The van der Waals surface area contributed by atoms with E-state index < -0.39 is 0 Å². The third-order valence-electron chi connectivity index (χ3n) is 4.25. The molecule has 0 unspecified atom stereocenters. The van der Waals surface area contributed by atoms with E-state index in [1.807, 2.05) is 30.3 Å². The second-order valence-corrected chi connectivity index (χ2v) is 7.14. The first-order chi connectivity index (χ1) is 11.9. The van der Waals surface area contributed by atoms with Crippen LogP contribution in [0.25, 0.3) is 11.4 Å². The Morgan fingerprint density at radius 3 is 2.76 bits per heavy atom. The SMILES string of the molecule is CC(=O)OCCn1c(-c2ccccc2)nc(=S)c2c1CC(C)(C)OC2. The third kappa shape index (κ3) is 3.96. The van der Waals surface area contributed by atoms with Crippen molar-refractivity contribution in [2.45, 2.75) is 45.9 Å². The standard InChI is InChI=1S/C19H22N2O3S/c1-13(22)23-10-9-21-16-11-19(2,3)24-12-15(16)18(25)20-17(21)14-7-5-4-6-8-14/h4-8H,9-12H2,1-3H3. The van der Waals surface area contributed by atoms with Gasteiger partial charge < -0.3 is 14.0 Å². The molecule has 1 aromatic heterocycles. The highest BCUT2D eigenvalue weighted by Crippen LogP contribution is 2.31. The van der Waals surface area contributed by atoms with E-state index in [4.69, 9.17) is 21.7 Å². The van der Waals surface area contributed by atoms with Crippen molar-refractivity contribution in [3.8, 4) is 11.4 Å². The number of rotatable bonds is 4. The van der Waals surface area contributed by atoms with Gasteiger partial charge in [0.15, 0.2) is 0 Å². The summed E-state index contributed by atoms with van der Waals surface area (Å²) in [4.78, 5) is 15.8. The van der Waals surface area contributed by atoms with Crippen LogP contribution in [0.2, 0.25) is 0 Å². The second kappa shape index (κ2) is 7.06. The summed E-state index contributed by atoms with van der Waals surface area (Å²) in [6, 6.07) is 9.94. The lowest BCUT2D eigenvalue weighted by atomic mass is 9.96. The molecule has 0 bridgehead atoms. The van der Waals surface area contributed by atoms with Crippen molar-refractivity contribution in [3.05, 3.63) is 46.2 Å². The van der Waals surface area contributed by atoms with Gasteiger partial charge in [-0.2, -0.15) is 0 Å². The highest BCUT2D eigenvalue weighted by molar-refractivity contribution is 7.71. The zero-order chi connectivity index (χ0) is 18.0. The molecule has 25 heavy (non-hydrogen) atoms. The van der Waals surface area contributed by atoms with Gasteiger partial charge in [0.05, 0.1) is 18.8 Å². The molecule has 3 rings (SSSR count). The van der Waals surface area contributed by atoms with E-state index in [9.17, 15) is 4.79 Å². The first kappa shape index (κ1) is 17.8. The van der Waals surface area contributed by atoms with Gasteiger partial charge in [0, 0.05) is 30.2 Å². The molecule has 2 heterocycles. The second-order valence-electron chi connectivity index (χ2n) is 6.75. The monoisotopic (exact) mass is 358 g/mol. The number of aromatic nitrogens is 2. The van der Waals surface area contributed by atoms with Crippen molar-refractivity contribution < 1.29 is 14.3 Å². The van der Waals surface area contributed by atoms with E-state index in [1.54, 1.807) is 0 Å². The Hall–Kier alpha value is -2.05. The molecule has 0 aliphatic carbocycles. The number of carbonyl (C=O) groups is 1. The Kier molecular flexibility index (Phi) is 5.01. The smallest absolute Gasteiger partial charge is 0.302 e. The number of nitrogens with zero attached hydrogens (tertiary/aromatic N) is 2. The topological polar surface area (TPSA) is 53.4 Å². The van der Waals surface area contributed by atoms with Gasteiger partial charge in [-0.3, -0.25) is 4.79 Å². The Morgan fingerprint density at radius 2 is 2.08 bits per heavy atom. The summed E-state index contributed by atoms with van der Waals surface area (Å²) in [5, 5.41) is 0. The molecule has 0 saturated carbocycles. The maximum absolute atomic E-state index is 11.2. The number of fused-ring (bicyclic) bond motifs is 1. The van der Waals surface area contributed by atoms with E-state index in [-0.39, 0.29) is 11.6 Å². The Labute approximate surface area is 152 Å². The van der Waals surface area contributed by atoms with E-state index in [2.05, 4.69) is 23.4 Å². The molecule has 1 aromatic carbocycles. The van der Waals surface area contributed by atoms with Crippen LogP contribution in [0, 0.1) is 4.64 Å². The molecule has 0 fully saturated rings. The van der Waals surface area contributed by atoms with Crippen LogP contribution in [0.1, 0.15) is 32.0 Å². The summed E-state index contributed by atoms with van der Waals surface area (Å²) < 4.78 is 13.8. The van der Waals surface area contributed by atoms with Gasteiger partial charge in [-0.05, 0) is 13.8 Å². The van der Waals surface area contributed by atoms with Gasteiger partial charge in [0.25, 0.3) is 0 Å². The Balaban J connectivity index is 2.12. The number of hydrogen-bond donors (Lipinski definition) is 0. The van der Waals surface area contributed by atoms with Crippen molar-refractivity contribution in [3.63, 3.8) is 0 Å². The summed E-state index contributed by atoms with van der Waals surface area (Å²) in [7, 11) is 0. The normalized spacial score (nSPS) is 15.5. The number of carbonyl (C=O) groups excluding carboxylic acids is 1. The number of benzene rings is 1. The number of esters is 1. The lowest BCUT2D eigenvalue weighted by molar-refractivity contribution is -0.141. The largest absolute Gasteiger partial charge is 0.464 e. The molecule has 0 saturated heterocycles. The summed E-state index contributed by atoms with van der Waals surface area (Å²) in [6.07, 6.45) is 0.731. The molecule has 132 valence electrons. The van der Waals surface area contributed by atoms with E-state index >= 15 is 0 Å². The summed E-state index contributed by atoms with van der Waals surface area (Å²) in [5.74, 6) is 0.515. The average Bonchev–Trinajstić information content (AvgIpc) is 2.56. The molecule has 0 spiro atoms. The Morgan fingerprint density at radius 1 is 1.36 bits per heavy atom. The summed E-state index contributed by atoms with van der Waals surface area (Å²) >= 11 is 5.53. The van der Waals surface area contributed by atoms with Crippen molar-refractivity contribution in [2.24, 2.45) is 0 Å². The van der Waals surface area contributed by atoms with Crippen LogP contribution in [-0.4, -0.2) is 27.7 Å². The molecule has 0 amide bonds. The van der Waals surface area contributed by atoms with Crippen molar-refractivity contribution in [2.75, 3.05) is 6.61 Å². The van der Waals surface area contributed by atoms with Gasteiger partial charge in [-0.25, -0.2) is 4.98 Å². The minimum Gasteiger partial charge on any atom is -0.464 e. The molecule has 0 atom stereocenters. The predicted molar refractivity (Wildman–Crippen MR) is 97.7 cm³/mol. The number of ether oxygens (including phenoxy) is 2. The fourth-order valence-electron chi connectivity index (χ4n) is 3.04. The maximum Gasteiger partial charge on any atom is 0.302 e. The van der Waals surface area contributed by atoms with Gasteiger partial charge in [-0.1, -0.05) is 42.5 Å². The van der Waals surface area contributed by atoms with Crippen LogP contribution in [0.15, 0.2) is 30.3 Å².